The number of morpholine rings is 1. The van der Waals surface area contributed by atoms with Crippen LogP contribution in [0, 0.1) is 0 Å². The third-order valence-corrected chi connectivity index (χ3v) is 8.58. The summed E-state index contributed by atoms with van der Waals surface area (Å²) < 4.78 is 5.48. The van der Waals surface area contributed by atoms with Crippen LogP contribution in [0.1, 0.15) is 51.7 Å². The van der Waals surface area contributed by atoms with Crippen LogP contribution in [0.5, 0.6) is 0 Å². The molecule has 7 heteroatoms. The minimum atomic E-state index is -0.0190. The smallest absolute Gasteiger partial charge is 0.266 e. The number of ether oxygens (including phenoxy) is 1. The number of carbonyl (C=O) groups excluding carboxylic acids is 1. The second-order valence-corrected chi connectivity index (χ2v) is 12.0. The Hall–Kier alpha value is -2.87. The molecule has 2 saturated heterocycles. The van der Waals surface area contributed by atoms with Crippen LogP contribution in [-0.4, -0.2) is 72.4 Å². The van der Waals surface area contributed by atoms with Crippen molar-refractivity contribution in [2.24, 2.45) is 4.99 Å². The first-order valence-electron chi connectivity index (χ1n) is 14.1. The number of benzene rings is 2. The van der Waals surface area contributed by atoms with E-state index in [1.165, 1.54) is 28.6 Å². The minimum Gasteiger partial charge on any atom is -0.379 e. The van der Waals surface area contributed by atoms with Crippen LogP contribution in [-0.2, 0) is 9.53 Å². The monoisotopic (exact) mass is 544 g/mol. The molecule has 0 radical (unpaired) electrons. The van der Waals surface area contributed by atoms with Gasteiger partial charge < -0.3 is 9.64 Å². The fourth-order valence-corrected chi connectivity index (χ4v) is 6.68. The highest BCUT2D eigenvalue weighted by Gasteiger charge is 2.34. The molecule has 0 aromatic heterocycles. The van der Waals surface area contributed by atoms with Gasteiger partial charge in [0.25, 0.3) is 5.91 Å². The zero-order valence-corrected chi connectivity index (χ0v) is 24.5. The first-order chi connectivity index (χ1) is 18.9. The highest BCUT2D eigenvalue weighted by Crippen LogP contribution is 2.40. The summed E-state index contributed by atoms with van der Waals surface area (Å²) in [5, 5.41) is 0.754. The van der Waals surface area contributed by atoms with E-state index in [-0.39, 0.29) is 11.4 Å². The first-order valence-corrected chi connectivity index (χ1v) is 14.9. The zero-order chi connectivity index (χ0) is 27.4. The number of para-hydroxylation sites is 1. The highest BCUT2D eigenvalue weighted by atomic mass is 32.2. The number of amides is 1. The standard InChI is InChI=1S/C32H40N4O2S/c1-5-14-36-28-13-12-25(21-27(28)24(2)23-32(36,3)4)22-29-30(37)35(16-9-15-34-17-19-38-20-18-34)31(39-29)33-26-10-7-6-8-11-26/h6-8,10-13,21-23H,5,9,14-20H2,1-4H3/b29-22+,33-31?. The van der Waals surface area contributed by atoms with Gasteiger partial charge >= 0.3 is 0 Å². The molecule has 2 aromatic rings. The number of thioether (sulfide) groups is 1. The van der Waals surface area contributed by atoms with Crippen LogP contribution in [0.2, 0.25) is 0 Å². The number of hydrogen-bond acceptors (Lipinski definition) is 6. The summed E-state index contributed by atoms with van der Waals surface area (Å²) in [6.45, 7) is 15.1. The van der Waals surface area contributed by atoms with Gasteiger partial charge in [-0.2, -0.15) is 0 Å². The Kier molecular flexibility index (Phi) is 8.60. The lowest BCUT2D eigenvalue weighted by atomic mass is 9.88. The summed E-state index contributed by atoms with van der Waals surface area (Å²) in [5.74, 6) is 0.0374. The molecule has 206 valence electrons. The van der Waals surface area contributed by atoms with Crippen molar-refractivity contribution in [3.05, 3.63) is 70.6 Å². The number of hydrogen-bond donors (Lipinski definition) is 0. The largest absolute Gasteiger partial charge is 0.379 e. The maximum absolute atomic E-state index is 13.7. The molecule has 1 amide bonds. The van der Waals surface area contributed by atoms with Gasteiger partial charge in [-0.1, -0.05) is 37.3 Å². The maximum Gasteiger partial charge on any atom is 0.266 e. The van der Waals surface area contributed by atoms with E-state index >= 15 is 0 Å². The number of aliphatic imine (C=N–C) groups is 1. The molecule has 3 heterocycles. The van der Waals surface area contributed by atoms with E-state index in [1.54, 1.807) is 0 Å². The van der Waals surface area contributed by atoms with Gasteiger partial charge in [-0.3, -0.25) is 14.6 Å². The van der Waals surface area contributed by atoms with Crippen LogP contribution in [0.3, 0.4) is 0 Å². The van der Waals surface area contributed by atoms with Gasteiger partial charge in [-0.15, -0.1) is 0 Å². The molecule has 0 N–H and O–H groups in total. The van der Waals surface area contributed by atoms with Crippen LogP contribution in [0.25, 0.3) is 11.6 Å². The van der Waals surface area contributed by atoms with Gasteiger partial charge in [0.05, 0.1) is 29.3 Å². The fourth-order valence-electron chi connectivity index (χ4n) is 5.65. The Bertz CT molecular complexity index is 1280. The average Bonchev–Trinajstić information content (AvgIpc) is 3.21. The number of carbonyl (C=O) groups is 1. The van der Waals surface area contributed by atoms with Gasteiger partial charge in [0.2, 0.25) is 0 Å². The summed E-state index contributed by atoms with van der Waals surface area (Å²) in [4.78, 5) is 26.0. The Morgan fingerprint density at radius 1 is 1.05 bits per heavy atom. The summed E-state index contributed by atoms with van der Waals surface area (Å²) in [7, 11) is 0. The highest BCUT2D eigenvalue weighted by molar-refractivity contribution is 8.18. The maximum atomic E-state index is 13.7. The minimum absolute atomic E-state index is 0.0190. The lowest BCUT2D eigenvalue weighted by Gasteiger charge is -2.43. The van der Waals surface area contributed by atoms with E-state index in [2.05, 4.69) is 61.8 Å². The molecule has 39 heavy (non-hydrogen) atoms. The van der Waals surface area contributed by atoms with Crippen molar-refractivity contribution in [3.8, 4) is 0 Å². The molecule has 0 unspecified atom stereocenters. The second-order valence-electron chi connectivity index (χ2n) is 11.0. The van der Waals surface area contributed by atoms with E-state index in [4.69, 9.17) is 9.73 Å². The molecular weight excluding hydrogens is 504 g/mol. The molecule has 0 saturated carbocycles. The number of allylic oxidation sites excluding steroid dienone is 1. The van der Waals surface area contributed by atoms with Crippen molar-refractivity contribution in [1.29, 1.82) is 0 Å². The molecule has 3 aliphatic heterocycles. The summed E-state index contributed by atoms with van der Waals surface area (Å²) in [6.07, 6.45) is 6.39. The zero-order valence-electron chi connectivity index (χ0n) is 23.7. The Labute approximate surface area is 237 Å². The van der Waals surface area contributed by atoms with Crippen molar-refractivity contribution in [2.45, 2.75) is 46.1 Å². The van der Waals surface area contributed by atoms with Gasteiger partial charge in [-0.25, -0.2) is 4.99 Å². The molecule has 2 fully saturated rings. The van der Waals surface area contributed by atoms with Gasteiger partial charge in [0.1, 0.15) is 0 Å². The van der Waals surface area contributed by atoms with Crippen molar-refractivity contribution in [3.63, 3.8) is 0 Å². The number of nitrogens with zero attached hydrogens (tertiary/aromatic N) is 4. The molecule has 2 aromatic carbocycles. The molecule has 6 nitrogen and oxygen atoms in total. The van der Waals surface area contributed by atoms with E-state index in [9.17, 15) is 4.79 Å². The van der Waals surface area contributed by atoms with Gasteiger partial charge in [0, 0.05) is 44.0 Å². The first kappa shape index (κ1) is 27.7. The SMILES string of the molecule is CCCN1c2ccc(/C=C3/SC(=Nc4ccccc4)N(CCCN4CCOCC4)C3=O)cc2C(C)=CC1(C)C. The third kappa shape index (κ3) is 6.32. The van der Waals surface area contributed by atoms with Crippen LogP contribution < -0.4 is 4.90 Å². The number of rotatable bonds is 8. The Balaban J connectivity index is 1.40. The molecule has 0 atom stereocenters. The van der Waals surface area contributed by atoms with Crippen LogP contribution >= 0.6 is 11.8 Å². The quantitative estimate of drug-likeness (QED) is 0.359. The van der Waals surface area contributed by atoms with E-state index in [0.717, 1.165) is 73.6 Å². The lowest BCUT2D eigenvalue weighted by molar-refractivity contribution is -0.122. The fraction of sp³-hybridized carbons (Fsp3) is 0.438. The number of anilines is 1. The predicted molar refractivity (Wildman–Crippen MR) is 165 cm³/mol. The molecule has 0 aliphatic carbocycles. The lowest BCUT2D eigenvalue weighted by Crippen LogP contribution is -2.45. The van der Waals surface area contributed by atoms with Gasteiger partial charge in [-0.05, 0) is 86.9 Å². The average molecular weight is 545 g/mol. The number of amidine groups is 1. The number of fused-ring (bicyclic) bond motifs is 1. The molecular formula is C32H40N4O2S. The molecule has 3 aliphatic rings. The second kappa shape index (κ2) is 12.1. The predicted octanol–water partition coefficient (Wildman–Crippen LogP) is 6.42. The molecule has 0 bridgehead atoms. The Morgan fingerprint density at radius 3 is 2.56 bits per heavy atom. The van der Waals surface area contributed by atoms with Crippen LogP contribution in [0.15, 0.2) is 64.5 Å². The summed E-state index contributed by atoms with van der Waals surface area (Å²) in [5.41, 5.74) is 5.68. The van der Waals surface area contributed by atoms with Gasteiger partial charge in [0.15, 0.2) is 5.17 Å². The topological polar surface area (TPSA) is 48.4 Å². The van der Waals surface area contributed by atoms with Crippen LogP contribution in [0.4, 0.5) is 11.4 Å². The Morgan fingerprint density at radius 2 is 1.82 bits per heavy atom. The molecule has 0 spiro atoms. The van der Waals surface area contributed by atoms with Crippen molar-refractivity contribution in [1.82, 2.24) is 9.80 Å². The molecule has 5 rings (SSSR count). The van der Waals surface area contributed by atoms with E-state index in [1.807, 2.05) is 41.3 Å². The summed E-state index contributed by atoms with van der Waals surface area (Å²) in [6, 6.07) is 16.5. The van der Waals surface area contributed by atoms with E-state index in [0.29, 0.717) is 6.54 Å². The third-order valence-electron chi connectivity index (χ3n) is 7.58. The van der Waals surface area contributed by atoms with Crippen molar-refractivity contribution < 1.29 is 9.53 Å². The summed E-state index contributed by atoms with van der Waals surface area (Å²) >= 11 is 1.48. The van der Waals surface area contributed by atoms with Crippen molar-refractivity contribution in [2.75, 3.05) is 50.8 Å². The van der Waals surface area contributed by atoms with E-state index < -0.39 is 0 Å². The van der Waals surface area contributed by atoms with Crippen molar-refractivity contribution >= 4 is 45.9 Å². The normalized spacial score (nSPS) is 21.5.